The van der Waals surface area contributed by atoms with Crippen LogP contribution < -0.4 is 5.63 Å². The van der Waals surface area contributed by atoms with Crippen LogP contribution in [-0.2, 0) is 4.74 Å². The molecule has 1 heterocycles. The van der Waals surface area contributed by atoms with Crippen LogP contribution in [0.2, 0.25) is 0 Å². The van der Waals surface area contributed by atoms with E-state index in [0.29, 0.717) is 22.1 Å². The summed E-state index contributed by atoms with van der Waals surface area (Å²) in [4.78, 5) is 38.3. The van der Waals surface area contributed by atoms with Crippen molar-refractivity contribution < 1.29 is 18.7 Å². The lowest BCUT2D eigenvalue weighted by molar-refractivity contribution is 0.0276. The van der Waals surface area contributed by atoms with Crippen LogP contribution >= 0.6 is 15.9 Å². The molecule has 0 radical (unpaired) electrons. The second-order valence-corrected chi connectivity index (χ2v) is 7.47. The van der Waals surface area contributed by atoms with Gasteiger partial charge in [-0.25, -0.2) is 9.59 Å². The Morgan fingerprint density at radius 2 is 1.53 bits per heavy atom. The Morgan fingerprint density at radius 3 is 2.23 bits per heavy atom. The quantitative estimate of drug-likeness (QED) is 0.227. The van der Waals surface area contributed by atoms with Gasteiger partial charge in [-0.3, -0.25) is 4.79 Å². The number of benzene rings is 3. The van der Waals surface area contributed by atoms with Crippen molar-refractivity contribution in [2.45, 2.75) is 6.10 Å². The average molecular weight is 463 g/mol. The normalized spacial score (nSPS) is 11.8. The van der Waals surface area contributed by atoms with Gasteiger partial charge < -0.3 is 9.15 Å². The maximum atomic E-state index is 13.1. The molecule has 0 aliphatic rings. The van der Waals surface area contributed by atoms with Crippen molar-refractivity contribution in [1.29, 1.82) is 0 Å². The van der Waals surface area contributed by atoms with Gasteiger partial charge in [0.15, 0.2) is 6.10 Å². The van der Waals surface area contributed by atoms with E-state index in [4.69, 9.17) is 9.15 Å². The van der Waals surface area contributed by atoms with E-state index >= 15 is 0 Å². The predicted octanol–water partition coefficient (Wildman–Crippen LogP) is 5.34. The van der Waals surface area contributed by atoms with Crippen LogP contribution in [0.3, 0.4) is 0 Å². The summed E-state index contributed by atoms with van der Waals surface area (Å²) < 4.78 is 11.5. The summed E-state index contributed by atoms with van der Waals surface area (Å²) in [5, 5.41) is 0.557. The fourth-order valence-electron chi connectivity index (χ4n) is 3.06. The number of hydrogen-bond acceptors (Lipinski definition) is 5. The minimum Gasteiger partial charge on any atom is -0.445 e. The molecule has 4 aromatic rings. The molecule has 3 aromatic carbocycles. The fraction of sp³-hybridized carbons (Fsp3) is 0.0417. The molecule has 0 N–H and O–H groups in total. The summed E-state index contributed by atoms with van der Waals surface area (Å²) in [6.07, 6.45) is -1.20. The lowest BCUT2D eigenvalue weighted by Crippen LogP contribution is -2.23. The molecule has 1 atom stereocenters. The topological polar surface area (TPSA) is 73.6 Å². The molecule has 0 saturated carbocycles. The highest BCUT2D eigenvalue weighted by atomic mass is 79.9. The smallest absolute Gasteiger partial charge is 0.351 e. The summed E-state index contributed by atoms with van der Waals surface area (Å²) in [7, 11) is 0. The van der Waals surface area contributed by atoms with Gasteiger partial charge in [0, 0.05) is 21.0 Å². The van der Waals surface area contributed by atoms with Gasteiger partial charge in [-0.05, 0) is 24.3 Å². The van der Waals surface area contributed by atoms with Crippen molar-refractivity contribution in [3.05, 3.63) is 117 Å². The van der Waals surface area contributed by atoms with E-state index in [2.05, 4.69) is 15.9 Å². The molecular formula is C24H15BrO5. The highest BCUT2D eigenvalue weighted by Crippen LogP contribution is 2.25. The van der Waals surface area contributed by atoms with Crippen LogP contribution in [0.5, 0.6) is 0 Å². The number of hydrogen-bond donors (Lipinski definition) is 0. The lowest BCUT2D eigenvalue weighted by atomic mass is 10.00. The number of fused-ring (bicyclic) bond motifs is 1. The Bertz CT molecular complexity index is 1280. The van der Waals surface area contributed by atoms with Crippen molar-refractivity contribution in [1.82, 2.24) is 0 Å². The van der Waals surface area contributed by atoms with Crippen LogP contribution in [0.4, 0.5) is 0 Å². The van der Waals surface area contributed by atoms with Gasteiger partial charge in [-0.15, -0.1) is 0 Å². The summed E-state index contributed by atoms with van der Waals surface area (Å²) in [5.74, 6) is -1.31. The Morgan fingerprint density at radius 1 is 0.867 bits per heavy atom. The van der Waals surface area contributed by atoms with Gasteiger partial charge in [0.25, 0.3) is 0 Å². The zero-order chi connectivity index (χ0) is 21.1. The third kappa shape index (κ3) is 4.09. The maximum Gasteiger partial charge on any atom is 0.351 e. The first kappa shape index (κ1) is 19.8. The molecule has 0 fully saturated rings. The monoisotopic (exact) mass is 462 g/mol. The van der Waals surface area contributed by atoms with Gasteiger partial charge >= 0.3 is 11.6 Å². The van der Waals surface area contributed by atoms with Gasteiger partial charge in [-0.2, -0.15) is 0 Å². The fourth-order valence-corrected chi connectivity index (χ4v) is 3.44. The number of rotatable bonds is 5. The first-order valence-electron chi connectivity index (χ1n) is 9.11. The standard InChI is InChI=1S/C24H15BrO5/c25-18-11-12-20-17(13-18)14-19(23(27)29-20)24(28)30-22(16-9-5-2-6-10-16)21(26)15-7-3-1-4-8-15/h1-14,22H. The first-order chi connectivity index (χ1) is 14.5. The van der Waals surface area contributed by atoms with Crippen molar-refractivity contribution in [2.75, 3.05) is 0 Å². The number of carbonyl (C=O) groups is 2. The number of esters is 1. The summed E-state index contributed by atoms with van der Waals surface area (Å²) in [5.41, 5.74) is 0.150. The van der Waals surface area contributed by atoms with Crippen LogP contribution in [0.1, 0.15) is 32.4 Å². The van der Waals surface area contributed by atoms with Gasteiger partial charge in [0.1, 0.15) is 11.1 Å². The molecule has 0 amide bonds. The number of carbonyl (C=O) groups excluding carboxylic acids is 2. The van der Waals surface area contributed by atoms with Crippen LogP contribution in [0.25, 0.3) is 11.0 Å². The molecule has 0 spiro atoms. The third-order valence-electron chi connectivity index (χ3n) is 4.54. The number of ether oxygens (including phenoxy) is 1. The molecule has 0 bridgehead atoms. The van der Waals surface area contributed by atoms with E-state index in [-0.39, 0.29) is 11.3 Å². The second kappa shape index (κ2) is 8.47. The SMILES string of the molecule is O=C(OC(C(=O)c1ccccc1)c1ccccc1)c1cc2cc(Br)ccc2oc1=O. The molecule has 0 saturated heterocycles. The summed E-state index contributed by atoms with van der Waals surface area (Å²) in [6, 6.07) is 23.7. The molecule has 5 nitrogen and oxygen atoms in total. The predicted molar refractivity (Wildman–Crippen MR) is 116 cm³/mol. The lowest BCUT2D eigenvalue weighted by Gasteiger charge is -2.17. The Hall–Kier alpha value is -3.51. The minimum absolute atomic E-state index is 0.276. The molecule has 1 unspecified atom stereocenters. The van der Waals surface area contributed by atoms with Crippen LogP contribution in [0.15, 0.2) is 98.6 Å². The van der Waals surface area contributed by atoms with Gasteiger partial charge in [-0.1, -0.05) is 76.6 Å². The highest BCUT2D eigenvalue weighted by Gasteiger charge is 2.28. The van der Waals surface area contributed by atoms with E-state index in [1.807, 2.05) is 0 Å². The van der Waals surface area contributed by atoms with Crippen molar-refractivity contribution in [2.24, 2.45) is 0 Å². The molecule has 1 aromatic heterocycles. The highest BCUT2D eigenvalue weighted by molar-refractivity contribution is 9.10. The Labute approximate surface area is 180 Å². The van der Waals surface area contributed by atoms with Gasteiger partial charge in [0.2, 0.25) is 5.78 Å². The number of halogens is 1. The van der Waals surface area contributed by atoms with E-state index in [1.165, 1.54) is 6.07 Å². The number of Topliss-reactive ketones (excluding diaryl/α,β-unsaturated/α-hetero) is 1. The first-order valence-corrected chi connectivity index (χ1v) is 9.91. The molecular weight excluding hydrogens is 448 g/mol. The van der Waals surface area contributed by atoms with Crippen molar-refractivity contribution >= 4 is 38.7 Å². The Kier molecular flexibility index (Phi) is 5.59. The molecule has 0 aliphatic heterocycles. The van der Waals surface area contributed by atoms with Crippen molar-refractivity contribution in [3.8, 4) is 0 Å². The summed E-state index contributed by atoms with van der Waals surface area (Å²) in [6.45, 7) is 0. The zero-order valence-electron chi connectivity index (χ0n) is 15.6. The molecule has 30 heavy (non-hydrogen) atoms. The summed E-state index contributed by atoms with van der Waals surface area (Å²) >= 11 is 3.35. The second-order valence-electron chi connectivity index (χ2n) is 6.56. The van der Waals surface area contributed by atoms with Crippen LogP contribution in [-0.4, -0.2) is 11.8 Å². The third-order valence-corrected chi connectivity index (χ3v) is 5.03. The molecule has 6 heteroatoms. The van der Waals surface area contributed by atoms with E-state index in [9.17, 15) is 14.4 Å². The van der Waals surface area contributed by atoms with E-state index in [0.717, 1.165) is 4.47 Å². The maximum absolute atomic E-state index is 13.1. The van der Waals surface area contributed by atoms with E-state index in [1.54, 1.807) is 78.9 Å². The van der Waals surface area contributed by atoms with E-state index < -0.39 is 17.7 Å². The molecule has 4 rings (SSSR count). The zero-order valence-corrected chi connectivity index (χ0v) is 17.2. The van der Waals surface area contributed by atoms with Crippen molar-refractivity contribution in [3.63, 3.8) is 0 Å². The van der Waals surface area contributed by atoms with Crippen LogP contribution in [0, 0.1) is 0 Å². The largest absolute Gasteiger partial charge is 0.445 e. The number of ketones is 1. The minimum atomic E-state index is -1.20. The molecule has 148 valence electrons. The Balaban J connectivity index is 1.72. The average Bonchev–Trinajstić information content (AvgIpc) is 2.78. The van der Waals surface area contributed by atoms with Gasteiger partial charge in [0.05, 0.1) is 0 Å². The molecule has 0 aliphatic carbocycles.